The van der Waals surface area contributed by atoms with Crippen LogP contribution in [0.25, 0.3) is 0 Å². The molecule has 2 aromatic rings. The molecule has 0 aliphatic rings. The van der Waals surface area contributed by atoms with Gasteiger partial charge in [0.2, 0.25) is 0 Å². The van der Waals surface area contributed by atoms with Crippen LogP contribution in [-0.4, -0.2) is 26.3 Å². The minimum absolute atomic E-state index is 0.699. The van der Waals surface area contributed by atoms with E-state index >= 15 is 0 Å². The Morgan fingerprint density at radius 1 is 1.14 bits per heavy atom. The lowest BCUT2D eigenvalue weighted by atomic mass is 10.2. The second kappa shape index (κ2) is 7.06. The first-order valence-corrected chi connectivity index (χ1v) is 7.47. The predicted octanol–water partition coefficient (Wildman–Crippen LogP) is 2.51. The molecule has 0 saturated carbocycles. The minimum atomic E-state index is 0.699. The quantitative estimate of drug-likeness (QED) is 0.819. The van der Waals surface area contributed by atoms with Crippen molar-refractivity contribution in [2.75, 3.05) is 17.2 Å². The summed E-state index contributed by atoms with van der Waals surface area (Å²) in [5.74, 6) is 2.67. The van der Waals surface area contributed by atoms with Gasteiger partial charge < -0.3 is 10.6 Å². The molecule has 2 aromatic heterocycles. The molecule has 2 N–H and O–H groups in total. The number of nitrogens with one attached hydrogen (secondary N) is 2. The summed E-state index contributed by atoms with van der Waals surface area (Å²) in [6.07, 6.45) is 3.69. The minimum Gasteiger partial charge on any atom is -0.370 e. The molecule has 0 amide bonds. The monoisotopic (exact) mass is 288 g/mol. The number of aromatic nitrogens is 4. The molecule has 0 aliphatic carbocycles. The first-order chi connectivity index (χ1) is 10.2. The van der Waals surface area contributed by atoms with Crippen molar-refractivity contribution in [2.45, 2.75) is 40.2 Å². The van der Waals surface area contributed by atoms with E-state index in [0.717, 1.165) is 48.1 Å². The average molecular weight is 288 g/mol. The average Bonchev–Trinajstić information content (AvgIpc) is 2.90. The summed E-state index contributed by atoms with van der Waals surface area (Å²) < 4.78 is 1.86. The van der Waals surface area contributed by atoms with Crippen molar-refractivity contribution in [1.82, 2.24) is 19.7 Å². The van der Waals surface area contributed by atoms with Gasteiger partial charge in [-0.2, -0.15) is 5.10 Å². The molecule has 114 valence electrons. The second-order valence-corrected chi connectivity index (χ2v) is 5.04. The third kappa shape index (κ3) is 3.71. The highest BCUT2D eigenvalue weighted by atomic mass is 15.3. The van der Waals surface area contributed by atoms with Gasteiger partial charge in [-0.3, -0.25) is 4.68 Å². The van der Waals surface area contributed by atoms with E-state index in [1.165, 1.54) is 0 Å². The van der Waals surface area contributed by atoms with Gasteiger partial charge in [0.25, 0.3) is 0 Å². The molecule has 0 aromatic carbocycles. The fraction of sp³-hybridized carbons (Fsp3) is 0.533. The molecule has 6 heteroatoms. The van der Waals surface area contributed by atoms with E-state index in [-0.39, 0.29) is 0 Å². The summed E-state index contributed by atoms with van der Waals surface area (Å²) >= 11 is 0. The number of nitrogens with zero attached hydrogens (tertiary/aromatic N) is 4. The van der Waals surface area contributed by atoms with Gasteiger partial charge in [0.05, 0.1) is 12.2 Å². The lowest BCUT2D eigenvalue weighted by Gasteiger charge is -2.14. The molecular weight excluding hydrogens is 264 g/mol. The standard InChI is InChI=1S/C15H24N6/c1-5-8-16-14-11(3)15(20-13(6-2)19-14)17-10-12-7-9-18-21(12)4/h7,9H,5-6,8,10H2,1-4H3,(H2,16,17,19,20). The van der Waals surface area contributed by atoms with Gasteiger partial charge in [-0.05, 0) is 19.4 Å². The van der Waals surface area contributed by atoms with Crippen LogP contribution in [0.4, 0.5) is 11.6 Å². The van der Waals surface area contributed by atoms with Crippen LogP contribution < -0.4 is 10.6 Å². The Bertz CT molecular complexity index is 590. The van der Waals surface area contributed by atoms with Crippen LogP contribution in [0.1, 0.15) is 37.4 Å². The van der Waals surface area contributed by atoms with Gasteiger partial charge in [-0.25, -0.2) is 9.97 Å². The van der Waals surface area contributed by atoms with Crippen molar-refractivity contribution in [1.29, 1.82) is 0 Å². The van der Waals surface area contributed by atoms with Crippen LogP contribution in [-0.2, 0) is 20.0 Å². The molecule has 2 rings (SSSR count). The van der Waals surface area contributed by atoms with E-state index < -0.39 is 0 Å². The summed E-state index contributed by atoms with van der Waals surface area (Å²) in [6.45, 7) is 7.88. The fourth-order valence-corrected chi connectivity index (χ4v) is 2.06. The number of hydrogen-bond donors (Lipinski definition) is 2. The summed E-state index contributed by atoms with van der Waals surface area (Å²) in [7, 11) is 1.94. The Hall–Kier alpha value is -2.11. The van der Waals surface area contributed by atoms with E-state index in [1.807, 2.05) is 24.7 Å². The lowest BCUT2D eigenvalue weighted by molar-refractivity contribution is 0.719. The first kappa shape index (κ1) is 15.3. The lowest BCUT2D eigenvalue weighted by Crippen LogP contribution is -2.12. The van der Waals surface area contributed by atoms with E-state index in [2.05, 4.69) is 39.5 Å². The van der Waals surface area contributed by atoms with Crippen molar-refractivity contribution in [2.24, 2.45) is 7.05 Å². The van der Waals surface area contributed by atoms with Crippen molar-refractivity contribution in [3.63, 3.8) is 0 Å². The van der Waals surface area contributed by atoms with Crippen LogP contribution >= 0.6 is 0 Å². The zero-order valence-corrected chi connectivity index (χ0v) is 13.3. The largest absolute Gasteiger partial charge is 0.370 e. The topological polar surface area (TPSA) is 67.7 Å². The molecule has 0 aliphatic heterocycles. The van der Waals surface area contributed by atoms with Crippen LogP contribution in [0.2, 0.25) is 0 Å². The fourth-order valence-electron chi connectivity index (χ4n) is 2.06. The summed E-state index contributed by atoms with van der Waals surface area (Å²) in [5.41, 5.74) is 2.18. The van der Waals surface area contributed by atoms with Crippen LogP contribution in [0.5, 0.6) is 0 Å². The summed E-state index contributed by atoms with van der Waals surface area (Å²) in [5, 5.41) is 10.9. The van der Waals surface area contributed by atoms with Crippen molar-refractivity contribution >= 4 is 11.6 Å². The molecule has 0 unspecified atom stereocenters. The molecule has 0 spiro atoms. The van der Waals surface area contributed by atoms with Gasteiger partial charge in [-0.15, -0.1) is 0 Å². The normalized spacial score (nSPS) is 10.7. The number of anilines is 2. The van der Waals surface area contributed by atoms with E-state index in [9.17, 15) is 0 Å². The highest BCUT2D eigenvalue weighted by molar-refractivity contribution is 5.57. The van der Waals surface area contributed by atoms with Crippen molar-refractivity contribution in [3.8, 4) is 0 Å². The SMILES string of the molecule is CCCNc1nc(CC)nc(NCc2ccnn2C)c1C. The highest BCUT2D eigenvalue weighted by Gasteiger charge is 2.10. The van der Waals surface area contributed by atoms with Gasteiger partial charge in [-0.1, -0.05) is 13.8 Å². The molecule has 0 saturated heterocycles. The molecular formula is C15H24N6. The third-order valence-electron chi connectivity index (χ3n) is 3.41. The van der Waals surface area contributed by atoms with Gasteiger partial charge >= 0.3 is 0 Å². The Kier molecular flexibility index (Phi) is 5.14. The molecule has 0 atom stereocenters. The third-order valence-corrected chi connectivity index (χ3v) is 3.41. The molecule has 0 bridgehead atoms. The molecule has 0 fully saturated rings. The van der Waals surface area contributed by atoms with Crippen LogP contribution in [0.3, 0.4) is 0 Å². The Labute approximate surface area is 126 Å². The number of hydrogen-bond acceptors (Lipinski definition) is 5. The van der Waals surface area contributed by atoms with Crippen LogP contribution in [0.15, 0.2) is 12.3 Å². The Balaban J connectivity index is 2.19. The van der Waals surface area contributed by atoms with Gasteiger partial charge in [0.1, 0.15) is 17.5 Å². The summed E-state index contributed by atoms with van der Waals surface area (Å²) in [6, 6.07) is 2.00. The predicted molar refractivity (Wildman–Crippen MR) is 85.5 cm³/mol. The molecule has 6 nitrogen and oxygen atoms in total. The maximum Gasteiger partial charge on any atom is 0.135 e. The van der Waals surface area contributed by atoms with Gasteiger partial charge in [0, 0.05) is 31.8 Å². The molecule has 0 radical (unpaired) electrons. The van der Waals surface area contributed by atoms with E-state index in [4.69, 9.17) is 0 Å². The summed E-state index contributed by atoms with van der Waals surface area (Å²) in [4.78, 5) is 9.17. The number of rotatable bonds is 7. The molecule has 2 heterocycles. The Morgan fingerprint density at radius 2 is 1.86 bits per heavy atom. The van der Waals surface area contributed by atoms with Gasteiger partial charge in [0.15, 0.2) is 0 Å². The zero-order valence-electron chi connectivity index (χ0n) is 13.3. The zero-order chi connectivity index (χ0) is 15.2. The van der Waals surface area contributed by atoms with Crippen molar-refractivity contribution < 1.29 is 0 Å². The highest BCUT2D eigenvalue weighted by Crippen LogP contribution is 2.21. The molecule has 21 heavy (non-hydrogen) atoms. The van der Waals surface area contributed by atoms with Crippen molar-refractivity contribution in [3.05, 3.63) is 29.3 Å². The maximum atomic E-state index is 4.60. The maximum absolute atomic E-state index is 4.60. The first-order valence-electron chi connectivity index (χ1n) is 7.47. The van der Waals surface area contributed by atoms with Crippen LogP contribution in [0, 0.1) is 6.92 Å². The van der Waals surface area contributed by atoms with E-state index in [0.29, 0.717) is 6.54 Å². The second-order valence-electron chi connectivity index (χ2n) is 5.04. The van der Waals surface area contributed by atoms with E-state index in [1.54, 1.807) is 6.20 Å². The smallest absolute Gasteiger partial charge is 0.135 e. The number of aryl methyl sites for hydroxylation is 2. The Morgan fingerprint density at radius 3 is 2.43 bits per heavy atom.